The van der Waals surface area contributed by atoms with Gasteiger partial charge in [0.1, 0.15) is 0 Å². The fraction of sp³-hybridized carbons (Fsp3) is 0.889. The molecule has 1 aliphatic heterocycles. The quantitative estimate of drug-likeness (QED) is 0.648. The number of hydrogen-bond acceptors (Lipinski definition) is 2. The van der Waals surface area contributed by atoms with Crippen LogP contribution in [0.25, 0.3) is 0 Å². The minimum Gasteiger partial charge on any atom is -0.356 e. The monoisotopic (exact) mass is 170 g/mol. The highest BCUT2D eigenvalue weighted by atomic mass is 16.2. The van der Waals surface area contributed by atoms with Gasteiger partial charge >= 0.3 is 0 Å². The van der Waals surface area contributed by atoms with E-state index in [2.05, 4.69) is 17.6 Å². The van der Waals surface area contributed by atoms with Crippen molar-refractivity contribution in [3.05, 3.63) is 0 Å². The summed E-state index contributed by atoms with van der Waals surface area (Å²) in [5.74, 6) is 0.203. The fourth-order valence-electron chi connectivity index (χ4n) is 1.46. The van der Waals surface area contributed by atoms with Gasteiger partial charge in [0.25, 0.3) is 0 Å². The van der Waals surface area contributed by atoms with Gasteiger partial charge in [0.2, 0.25) is 5.91 Å². The smallest absolute Gasteiger partial charge is 0.227 e. The van der Waals surface area contributed by atoms with Crippen molar-refractivity contribution in [2.24, 2.45) is 5.41 Å². The number of carbonyl (C=O) groups excluding carboxylic acids is 1. The van der Waals surface area contributed by atoms with Crippen molar-refractivity contribution in [3.63, 3.8) is 0 Å². The van der Waals surface area contributed by atoms with Gasteiger partial charge in [-0.25, -0.2) is 0 Å². The summed E-state index contributed by atoms with van der Waals surface area (Å²) in [5, 5.41) is 6.15. The zero-order chi connectivity index (χ0) is 9.03. The zero-order valence-corrected chi connectivity index (χ0v) is 7.94. The van der Waals surface area contributed by atoms with E-state index in [0.717, 1.165) is 32.5 Å². The molecule has 3 nitrogen and oxygen atoms in total. The number of carbonyl (C=O) groups is 1. The van der Waals surface area contributed by atoms with Crippen LogP contribution in [0.2, 0.25) is 0 Å². The molecule has 70 valence electrons. The first kappa shape index (κ1) is 9.52. The van der Waals surface area contributed by atoms with E-state index < -0.39 is 0 Å². The van der Waals surface area contributed by atoms with Crippen LogP contribution in [0.4, 0.5) is 0 Å². The Morgan fingerprint density at radius 2 is 2.42 bits per heavy atom. The molecule has 2 N–H and O–H groups in total. The van der Waals surface area contributed by atoms with Crippen molar-refractivity contribution < 1.29 is 4.79 Å². The Morgan fingerprint density at radius 3 is 2.92 bits per heavy atom. The topological polar surface area (TPSA) is 41.1 Å². The van der Waals surface area contributed by atoms with E-state index in [4.69, 9.17) is 0 Å². The van der Waals surface area contributed by atoms with Crippen LogP contribution in [0.3, 0.4) is 0 Å². The first-order chi connectivity index (χ1) is 5.69. The number of rotatable bonds is 3. The molecule has 1 rings (SSSR count). The molecule has 1 fully saturated rings. The third kappa shape index (κ3) is 1.97. The van der Waals surface area contributed by atoms with Gasteiger partial charge in [0.15, 0.2) is 0 Å². The molecular weight excluding hydrogens is 152 g/mol. The Balaban J connectivity index is 2.39. The molecular formula is C9H18N2O. The number of nitrogens with one attached hydrogen (secondary N) is 2. The number of amides is 1. The van der Waals surface area contributed by atoms with Crippen molar-refractivity contribution in [2.75, 3.05) is 19.6 Å². The molecule has 1 amide bonds. The van der Waals surface area contributed by atoms with Gasteiger partial charge in [-0.2, -0.15) is 0 Å². The Hall–Kier alpha value is -0.570. The molecule has 12 heavy (non-hydrogen) atoms. The lowest BCUT2D eigenvalue weighted by molar-refractivity contribution is -0.129. The van der Waals surface area contributed by atoms with E-state index in [9.17, 15) is 4.79 Å². The van der Waals surface area contributed by atoms with Crippen LogP contribution in [0.5, 0.6) is 0 Å². The third-order valence-electron chi connectivity index (χ3n) is 2.45. The summed E-state index contributed by atoms with van der Waals surface area (Å²) in [5.41, 5.74) is -0.158. The van der Waals surface area contributed by atoms with E-state index >= 15 is 0 Å². The van der Waals surface area contributed by atoms with E-state index in [-0.39, 0.29) is 11.3 Å². The van der Waals surface area contributed by atoms with Gasteiger partial charge in [-0.15, -0.1) is 0 Å². The normalized spacial score (nSPS) is 28.8. The molecule has 0 aromatic rings. The second kappa shape index (κ2) is 3.90. The van der Waals surface area contributed by atoms with Crippen molar-refractivity contribution in [3.8, 4) is 0 Å². The van der Waals surface area contributed by atoms with E-state index in [0.29, 0.717) is 0 Å². The van der Waals surface area contributed by atoms with Gasteiger partial charge in [-0.05, 0) is 26.3 Å². The maximum atomic E-state index is 11.6. The van der Waals surface area contributed by atoms with Crippen LogP contribution in [0.1, 0.15) is 26.7 Å². The predicted octanol–water partition coefficient (Wildman–Crippen LogP) is 0.512. The molecule has 0 aliphatic carbocycles. The first-order valence-corrected chi connectivity index (χ1v) is 4.68. The minimum atomic E-state index is -0.158. The standard InChI is InChI=1S/C9H18N2O/c1-3-5-11-8(12)9(2)4-6-10-7-9/h10H,3-7H2,1-2H3,(H,11,12). The molecule has 0 saturated carbocycles. The summed E-state index contributed by atoms with van der Waals surface area (Å²) in [6, 6.07) is 0. The van der Waals surface area contributed by atoms with Gasteiger partial charge in [-0.3, -0.25) is 4.79 Å². The van der Waals surface area contributed by atoms with Gasteiger partial charge in [0.05, 0.1) is 5.41 Å². The summed E-state index contributed by atoms with van der Waals surface area (Å²) in [7, 11) is 0. The molecule has 0 bridgehead atoms. The lowest BCUT2D eigenvalue weighted by Crippen LogP contribution is -2.40. The van der Waals surface area contributed by atoms with Gasteiger partial charge in [0, 0.05) is 13.1 Å². The molecule has 3 heteroatoms. The number of hydrogen-bond donors (Lipinski definition) is 2. The van der Waals surface area contributed by atoms with E-state index in [1.807, 2.05) is 6.92 Å². The summed E-state index contributed by atoms with van der Waals surface area (Å²) >= 11 is 0. The van der Waals surface area contributed by atoms with Gasteiger partial charge in [-0.1, -0.05) is 6.92 Å². The van der Waals surface area contributed by atoms with Crippen LogP contribution in [-0.4, -0.2) is 25.5 Å². The van der Waals surface area contributed by atoms with Gasteiger partial charge < -0.3 is 10.6 Å². The van der Waals surface area contributed by atoms with E-state index in [1.165, 1.54) is 0 Å². The summed E-state index contributed by atoms with van der Waals surface area (Å²) in [4.78, 5) is 11.6. The maximum Gasteiger partial charge on any atom is 0.227 e. The zero-order valence-electron chi connectivity index (χ0n) is 7.94. The van der Waals surface area contributed by atoms with Crippen molar-refractivity contribution in [1.29, 1.82) is 0 Å². The molecule has 1 atom stereocenters. The van der Waals surface area contributed by atoms with Crippen LogP contribution in [0, 0.1) is 5.41 Å². The van der Waals surface area contributed by atoms with Crippen LogP contribution in [0.15, 0.2) is 0 Å². The summed E-state index contributed by atoms with van der Waals surface area (Å²) < 4.78 is 0. The second-order valence-electron chi connectivity index (χ2n) is 3.74. The predicted molar refractivity (Wildman–Crippen MR) is 48.9 cm³/mol. The Morgan fingerprint density at radius 1 is 1.67 bits per heavy atom. The fourth-order valence-corrected chi connectivity index (χ4v) is 1.46. The Labute approximate surface area is 73.9 Å². The van der Waals surface area contributed by atoms with Crippen LogP contribution < -0.4 is 10.6 Å². The largest absolute Gasteiger partial charge is 0.356 e. The molecule has 0 spiro atoms. The first-order valence-electron chi connectivity index (χ1n) is 4.68. The van der Waals surface area contributed by atoms with Crippen molar-refractivity contribution in [1.82, 2.24) is 10.6 Å². The highest BCUT2D eigenvalue weighted by Crippen LogP contribution is 2.24. The lowest BCUT2D eigenvalue weighted by Gasteiger charge is -2.21. The molecule has 1 aliphatic rings. The third-order valence-corrected chi connectivity index (χ3v) is 2.45. The van der Waals surface area contributed by atoms with Crippen molar-refractivity contribution in [2.45, 2.75) is 26.7 Å². The van der Waals surface area contributed by atoms with Crippen LogP contribution in [-0.2, 0) is 4.79 Å². The SMILES string of the molecule is CCCNC(=O)C1(C)CCNC1. The van der Waals surface area contributed by atoms with Crippen molar-refractivity contribution >= 4 is 5.91 Å². The minimum absolute atomic E-state index is 0.158. The average Bonchev–Trinajstić information content (AvgIpc) is 2.49. The molecule has 1 saturated heterocycles. The molecule has 0 aromatic carbocycles. The molecule has 1 unspecified atom stereocenters. The lowest BCUT2D eigenvalue weighted by atomic mass is 9.89. The second-order valence-corrected chi connectivity index (χ2v) is 3.74. The van der Waals surface area contributed by atoms with E-state index in [1.54, 1.807) is 0 Å². The Kier molecular flexibility index (Phi) is 3.09. The molecule has 0 radical (unpaired) electrons. The molecule has 0 aromatic heterocycles. The van der Waals surface area contributed by atoms with Crippen LogP contribution >= 0.6 is 0 Å². The average molecular weight is 170 g/mol. The highest BCUT2D eigenvalue weighted by molar-refractivity contribution is 5.82. The molecule has 1 heterocycles. The highest BCUT2D eigenvalue weighted by Gasteiger charge is 2.35. The Bertz CT molecular complexity index is 162. The maximum absolute atomic E-state index is 11.6. The summed E-state index contributed by atoms with van der Waals surface area (Å²) in [6.45, 7) is 6.68. The summed E-state index contributed by atoms with van der Waals surface area (Å²) in [6.07, 6.45) is 1.97.